The van der Waals surface area contributed by atoms with Gasteiger partial charge in [-0.15, -0.1) is 11.6 Å². The van der Waals surface area contributed by atoms with Crippen LogP contribution >= 0.6 is 11.6 Å². The predicted molar refractivity (Wildman–Crippen MR) is 84.1 cm³/mol. The summed E-state index contributed by atoms with van der Waals surface area (Å²) in [5, 5.41) is 3.61. The minimum absolute atomic E-state index is 0.0565. The molecule has 1 aromatic rings. The number of piperidine rings is 1. The Hall–Kier alpha value is -0.730. The first-order valence-corrected chi connectivity index (χ1v) is 7.79. The molecule has 2 nitrogen and oxygen atoms in total. The highest BCUT2D eigenvalue weighted by Gasteiger charge is 2.18. The molecule has 1 aliphatic heterocycles. The van der Waals surface area contributed by atoms with Crippen LogP contribution in [-0.2, 0) is 0 Å². The number of halogens is 1. The van der Waals surface area contributed by atoms with Crippen LogP contribution < -0.4 is 5.32 Å². The molecule has 0 amide bonds. The Morgan fingerprint density at radius 3 is 2.89 bits per heavy atom. The minimum Gasteiger partial charge on any atom is -0.385 e. The number of hydrogen-bond donors (Lipinski definition) is 1. The van der Waals surface area contributed by atoms with Crippen molar-refractivity contribution in [2.24, 2.45) is 0 Å². The van der Waals surface area contributed by atoms with E-state index in [0.29, 0.717) is 0 Å². The number of rotatable bonds is 5. The number of anilines is 1. The summed E-state index contributed by atoms with van der Waals surface area (Å²) in [6, 6.07) is 9.08. The van der Waals surface area contributed by atoms with Crippen molar-refractivity contribution in [1.29, 1.82) is 0 Å². The fraction of sp³-hybridized carbons (Fsp3) is 0.625. The standard InChI is InChI=1S/C16H25ClN2/c1-13(17)15-8-3-4-9-16(15)18-11-10-14-7-5-6-12-19(14)2/h3-4,8-9,13-14,18H,5-7,10-12H2,1-2H3. The zero-order valence-electron chi connectivity index (χ0n) is 12.0. The lowest BCUT2D eigenvalue weighted by molar-refractivity contribution is 0.179. The molecule has 0 spiro atoms. The van der Waals surface area contributed by atoms with E-state index in [1.54, 1.807) is 0 Å². The zero-order valence-corrected chi connectivity index (χ0v) is 12.8. The Bertz CT molecular complexity index is 392. The number of nitrogens with zero attached hydrogens (tertiary/aromatic N) is 1. The lowest BCUT2D eigenvalue weighted by atomic mass is 10.00. The van der Waals surface area contributed by atoms with Gasteiger partial charge in [0.05, 0.1) is 5.38 Å². The second-order valence-electron chi connectivity index (χ2n) is 5.55. The molecule has 19 heavy (non-hydrogen) atoms. The molecule has 1 saturated heterocycles. The van der Waals surface area contributed by atoms with Gasteiger partial charge in [0.2, 0.25) is 0 Å². The Morgan fingerprint density at radius 2 is 2.16 bits per heavy atom. The lowest BCUT2D eigenvalue weighted by Gasteiger charge is -2.32. The quantitative estimate of drug-likeness (QED) is 0.810. The molecule has 0 saturated carbocycles. The van der Waals surface area contributed by atoms with Crippen LogP contribution in [0.25, 0.3) is 0 Å². The highest BCUT2D eigenvalue weighted by atomic mass is 35.5. The Balaban J connectivity index is 1.85. The number of para-hydroxylation sites is 1. The predicted octanol–water partition coefficient (Wildman–Crippen LogP) is 4.27. The molecular weight excluding hydrogens is 256 g/mol. The average molecular weight is 281 g/mol. The third kappa shape index (κ3) is 4.12. The van der Waals surface area contributed by atoms with E-state index in [1.165, 1.54) is 43.5 Å². The van der Waals surface area contributed by atoms with Gasteiger partial charge >= 0.3 is 0 Å². The molecule has 0 bridgehead atoms. The molecule has 106 valence electrons. The maximum absolute atomic E-state index is 6.21. The van der Waals surface area contributed by atoms with Crippen molar-refractivity contribution >= 4 is 17.3 Å². The average Bonchev–Trinajstić information content (AvgIpc) is 2.41. The first-order valence-electron chi connectivity index (χ1n) is 7.35. The summed E-state index contributed by atoms with van der Waals surface area (Å²) >= 11 is 6.21. The van der Waals surface area contributed by atoms with Crippen LogP contribution in [0.2, 0.25) is 0 Å². The highest BCUT2D eigenvalue weighted by molar-refractivity contribution is 6.21. The molecule has 1 aliphatic rings. The summed E-state index contributed by atoms with van der Waals surface area (Å²) in [4.78, 5) is 2.50. The molecule has 1 aromatic carbocycles. The fourth-order valence-corrected chi connectivity index (χ4v) is 3.08. The molecule has 1 heterocycles. The van der Waals surface area contributed by atoms with E-state index in [-0.39, 0.29) is 5.38 Å². The molecule has 0 aliphatic carbocycles. The second kappa shape index (κ2) is 7.16. The van der Waals surface area contributed by atoms with E-state index in [1.807, 2.05) is 13.0 Å². The zero-order chi connectivity index (χ0) is 13.7. The van der Waals surface area contributed by atoms with E-state index < -0.39 is 0 Å². The van der Waals surface area contributed by atoms with Gasteiger partial charge < -0.3 is 10.2 Å². The molecule has 0 radical (unpaired) electrons. The number of nitrogens with one attached hydrogen (secondary N) is 1. The number of hydrogen-bond acceptors (Lipinski definition) is 2. The summed E-state index contributed by atoms with van der Waals surface area (Å²) in [6.07, 6.45) is 5.28. The van der Waals surface area contributed by atoms with Crippen LogP contribution in [0.5, 0.6) is 0 Å². The first kappa shape index (κ1) is 14.7. The smallest absolute Gasteiger partial charge is 0.0577 e. The molecule has 3 heteroatoms. The normalized spacial score (nSPS) is 22.2. The van der Waals surface area contributed by atoms with Crippen LogP contribution in [0.3, 0.4) is 0 Å². The fourth-order valence-electron chi connectivity index (χ4n) is 2.89. The van der Waals surface area contributed by atoms with Crippen molar-refractivity contribution in [2.75, 3.05) is 25.5 Å². The molecular formula is C16H25ClN2. The summed E-state index contributed by atoms with van der Waals surface area (Å²) in [5.74, 6) is 0. The lowest BCUT2D eigenvalue weighted by Crippen LogP contribution is -2.37. The summed E-state index contributed by atoms with van der Waals surface area (Å²) < 4.78 is 0. The molecule has 1 N–H and O–H groups in total. The van der Waals surface area contributed by atoms with Crippen LogP contribution in [0.15, 0.2) is 24.3 Å². The summed E-state index contributed by atoms with van der Waals surface area (Å²) in [5.41, 5.74) is 2.38. The van der Waals surface area contributed by atoms with Crippen molar-refractivity contribution in [2.45, 2.75) is 44.0 Å². The number of likely N-dealkylation sites (tertiary alicyclic amines) is 1. The van der Waals surface area contributed by atoms with Gasteiger partial charge in [0, 0.05) is 18.3 Å². The van der Waals surface area contributed by atoms with Gasteiger partial charge in [0.25, 0.3) is 0 Å². The van der Waals surface area contributed by atoms with Gasteiger partial charge in [0.1, 0.15) is 0 Å². The molecule has 0 aromatic heterocycles. The second-order valence-corrected chi connectivity index (χ2v) is 6.20. The number of benzene rings is 1. The first-order chi connectivity index (χ1) is 9.18. The van der Waals surface area contributed by atoms with Crippen molar-refractivity contribution in [3.8, 4) is 0 Å². The SMILES string of the molecule is CC(Cl)c1ccccc1NCCC1CCCCN1C. The van der Waals surface area contributed by atoms with Crippen molar-refractivity contribution in [3.05, 3.63) is 29.8 Å². The van der Waals surface area contributed by atoms with Gasteiger partial charge in [0.15, 0.2) is 0 Å². The Morgan fingerprint density at radius 1 is 1.37 bits per heavy atom. The molecule has 2 atom stereocenters. The van der Waals surface area contributed by atoms with E-state index in [0.717, 1.165) is 12.6 Å². The molecule has 1 fully saturated rings. The van der Waals surface area contributed by atoms with Gasteiger partial charge in [-0.3, -0.25) is 0 Å². The minimum atomic E-state index is 0.0565. The number of alkyl halides is 1. The largest absolute Gasteiger partial charge is 0.385 e. The van der Waals surface area contributed by atoms with E-state index in [2.05, 4.69) is 35.5 Å². The Kier molecular flexibility index (Phi) is 5.53. The van der Waals surface area contributed by atoms with Gasteiger partial charge in [-0.1, -0.05) is 24.6 Å². The molecule has 2 rings (SSSR count). The summed E-state index contributed by atoms with van der Waals surface area (Å²) in [6.45, 7) is 4.30. The Labute approximate surface area is 122 Å². The topological polar surface area (TPSA) is 15.3 Å². The van der Waals surface area contributed by atoms with Gasteiger partial charge in [-0.25, -0.2) is 0 Å². The van der Waals surface area contributed by atoms with Crippen LogP contribution in [-0.4, -0.2) is 31.1 Å². The van der Waals surface area contributed by atoms with Crippen molar-refractivity contribution in [3.63, 3.8) is 0 Å². The van der Waals surface area contributed by atoms with E-state index >= 15 is 0 Å². The van der Waals surface area contributed by atoms with Crippen LogP contribution in [0.4, 0.5) is 5.69 Å². The van der Waals surface area contributed by atoms with Gasteiger partial charge in [-0.2, -0.15) is 0 Å². The monoisotopic (exact) mass is 280 g/mol. The third-order valence-corrected chi connectivity index (χ3v) is 4.34. The van der Waals surface area contributed by atoms with Crippen LogP contribution in [0.1, 0.15) is 43.5 Å². The highest BCUT2D eigenvalue weighted by Crippen LogP contribution is 2.27. The molecule has 2 unspecified atom stereocenters. The maximum Gasteiger partial charge on any atom is 0.0577 e. The van der Waals surface area contributed by atoms with Crippen LogP contribution in [0, 0.1) is 0 Å². The summed E-state index contributed by atoms with van der Waals surface area (Å²) in [7, 11) is 2.25. The van der Waals surface area contributed by atoms with Gasteiger partial charge in [-0.05, 0) is 51.4 Å². The third-order valence-electron chi connectivity index (χ3n) is 4.10. The van der Waals surface area contributed by atoms with E-state index in [9.17, 15) is 0 Å². The maximum atomic E-state index is 6.21. The van der Waals surface area contributed by atoms with Crippen molar-refractivity contribution < 1.29 is 0 Å². The van der Waals surface area contributed by atoms with E-state index in [4.69, 9.17) is 11.6 Å². The van der Waals surface area contributed by atoms with Crippen molar-refractivity contribution in [1.82, 2.24) is 4.90 Å².